The van der Waals surface area contributed by atoms with Gasteiger partial charge in [0.05, 0.1) is 129 Å². The minimum Gasteiger partial charge on any atom is -0.493 e. The number of ether oxygens (including phenoxy) is 2. The van der Waals surface area contributed by atoms with Crippen molar-refractivity contribution in [1.29, 1.82) is 0 Å². The second-order valence-corrected chi connectivity index (χ2v) is 37.5. The lowest BCUT2D eigenvalue weighted by atomic mass is 9.95. The molecule has 6 fully saturated rings. The molecule has 0 spiro atoms. The fourth-order valence-corrected chi connectivity index (χ4v) is 20.3. The first kappa shape index (κ1) is 89.7. The molecule has 132 heavy (non-hydrogen) atoms. The second-order valence-electron chi connectivity index (χ2n) is 37.5. The maximum Gasteiger partial charge on any atom is 0.258 e. The second kappa shape index (κ2) is 39.3. The molecule has 21 rings (SSSR count). The maximum absolute atomic E-state index is 13.1. The molecule has 14 aromatic heterocycles. The van der Waals surface area contributed by atoms with Gasteiger partial charge < -0.3 is 48.7 Å². The van der Waals surface area contributed by atoms with E-state index in [4.69, 9.17) is 29.4 Å². The van der Waals surface area contributed by atoms with E-state index in [0.29, 0.717) is 73.9 Å². The number of likely N-dealkylation sites (tertiary alicyclic amines) is 2. The number of rotatable bonds is 18. The first-order valence-electron chi connectivity index (χ1n) is 47.0. The third-order valence-electron chi connectivity index (χ3n) is 27.2. The van der Waals surface area contributed by atoms with E-state index in [1.165, 1.54) is 123 Å². The van der Waals surface area contributed by atoms with Gasteiger partial charge >= 0.3 is 0 Å². The SMILES string of the molecule is COc1ccc(-c2cc(=O)n3cc(N4CCC(CN(C)C)CC4)ccc3n2)cc1OC.Cc1cn2nc(-c3cc(=O)n4cc(N5CCC(CN(C)C)CC5)ccc4n3)cc2c(C)n1.Cc1cn2nc(-c3cc(=O)n4cc(N5CCC(CN6CCCC6)CC5)ccc4n3)cc2c(C)n1.Cc1cn2nc(-c3cc(=O)n4cc(N5CCC(CN6CCCCC6)CC5)ccc4n3)cc2c(C)n1. The van der Waals surface area contributed by atoms with Crippen molar-refractivity contribution in [2.75, 3.05) is 167 Å². The van der Waals surface area contributed by atoms with Crippen LogP contribution in [0.1, 0.15) is 118 Å². The van der Waals surface area contributed by atoms with Crippen molar-refractivity contribution in [3.05, 3.63) is 228 Å². The number of benzene rings is 1. The number of piperidine rings is 5. The molecule has 0 atom stereocenters. The van der Waals surface area contributed by atoms with Crippen LogP contribution in [0, 0.1) is 65.2 Å². The van der Waals surface area contributed by atoms with Crippen LogP contribution in [-0.2, 0) is 0 Å². The van der Waals surface area contributed by atoms with Crippen LogP contribution in [0.25, 0.3) is 84.6 Å². The van der Waals surface area contributed by atoms with E-state index >= 15 is 0 Å². The first-order chi connectivity index (χ1) is 63.9. The Labute approximate surface area is 768 Å². The summed E-state index contributed by atoms with van der Waals surface area (Å²) in [6.45, 7) is 29.8. The summed E-state index contributed by atoms with van der Waals surface area (Å²) >= 11 is 0. The molecule has 31 heteroatoms. The van der Waals surface area contributed by atoms with Crippen molar-refractivity contribution < 1.29 is 9.47 Å². The predicted molar refractivity (Wildman–Crippen MR) is 522 cm³/mol. The third kappa shape index (κ3) is 20.3. The number of hydrogen-bond acceptors (Lipinski definition) is 24. The Hall–Kier alpha value is -12.8. The molecule has 0 aliphatic carbocycles. The van der Waals surface area contributed by atoms with E-state index in [1.807, 2.05) is 155 Å². The summed E-state index contributed by atoms with van der Waals surface area (Å²) in [6, 6.07) is 33.7. The van der Waals surface area contributed by atoms with Crippen LogP contribution in [-0.4, -0.2) is 248 Å². The van der Waals surface area contributed by atoms with Crippen molar-refractivity contribution in [1.82, 2.24) is 101 Å². The molecule has 0 bridgehead atoms. The van der Waals surface area contributed by atoms with E-state index in [1.54, 1.807) is 60.6 Å². The number of pyridine rings is 4. The summed E-state index contributed by atoms with van der Waals surface area (Å²) < 4.78 is 22.7. The van der Waals surface area contributed by atoms with Crippen molar-refractivity contribution in [2.45, 2.75) is 125 Å². The van der Waals surface area contributed by atoms with Crippen molar-refractivity contribution in [2.24, 2.45) is 23.7 Å². The number of nitrogens with zero attached hydrogens (tertiary/aromatic N) is 25. The molecular formula is C101H123N25O6. The third-order valence-corrected chi connectivity index (χ3v) is 27.2. The lowest BCUT2D eigenvalue weighted by Gasteiger charge is -2.37. The quantitative estimate of drug-likeness (QED) is 0.0772. The molecule has 6 aliphatic heterocycles. The maximum atomic E-state index is 13.1. The standard InChI is InChI=1S/C27H33N7O.C26H31N7O.C24H29N7O.C24H30N4O3/c1-19-16-34-25(20(2)28-19)14-24(30-34)23-15-27(35)33-18-22(6-7-26(33)29-23)32-12-8-21(9-13-32)17-31-10-4-3-5-11-31;1-18-15-33-24(19(2)27-18)13-23(29-33)22-14-26(34)32-17-21(5-6-25(32)28-22)31-11-7-20(8-12-31)16-30-9-3-4-10-30;1-16-13-31-22(17(2)25-16)11-21(27-31)20-12-24(32)30-15-19(5-6-23(30)26-20)29-9-7-18(8-10-29)14-28(3)4;1-26(2)15-17-9-11-27(12-10-17)19-6-8-23-25-20(14-24(29)28(23)16-19)18-5-7-21(30-3)22(13-18)31-4/h6-7,14-16,18,21H,3-5,8-13,17H2,1-2H3;5-6,13-15,17,20H,3-4,7-12,16H2,1-2H3;5-6,11-13,15,18H,7-10,14H2,1-4H3;5-8,13-14,16-17H,9-12,15H2,1-4H3. The topological polar surface area (TPSA) is 272 Å². The number of methoxy groups -OCH3 is 2. The van der Waals surface area contributed by atoms with E-state index < -0.39 is 0 Å². The van der Waals surface area contributed by atoms with Gasteiger partial charge in [-0.05, 0) is 282 Å². The molecule has 6 saturated heterocycles. The summed E-state index contributed by atoms with van der Waals surface area (Å²) in [5.74, 6) is 4.29. The largest absolute Gasteiger partial charge is 0.493 e. The fourth-order valence-electron chi connectivity index (χ4n) is 20.3. The van der Waals surface area contributed by atoms with Crippen molar-refractivity contribution in [3.63, 3.8) is 0 Å². The summed E-state index contributed by atoms with van der Waals surface area (Å²) in [5, 5.41) is 13.9. The smallest absolute Gasteiger partial charge is 0.258 e. The van der Waals surface area contributed by atoms with Crippen LogP contribution in [0.3, 0.4) is 0 Å². The number of anilines is 4. The van der Waals surface area contributed by atoms with Gasteiger partial charge in [-0.25, -0.2) is 33.5 Å². The van der Waals surface area contributed by atoms with Crippen LogP contribution < -0.4 is 51.3 Å². The van der Waals surface area contributed by atoms with E-state index in [0.717, 1.165) is 168 Å². The molecule has 20 heterocycles. The summed E-state index contributed by atoms with van der Waals surface area (Å²) in [7, 11) is 11.7. The highest BCUT2D eigenvalue weighted by atomic mass is 16.5. The zero-order valence-electron chi connectivity index (χ0n) is 78.4. The molecular weight excluding hydrogens is 1660 g/mol. The average molecular weight is 1780 g/mol. The highest BCUT2D eigenvalue weighted by molar-refractivity contribution is 5.71. The highest BCUT2D eigenvalue weighted by Gasteiger charge is 2.29. The van der Waals surface area contributed by atoms with Gasteiger partial charge in [0.15, 0.2) is 11.5 Å². The Bertz CT molecular complexity index is 6940. The minimum absolute atomic E-state index is 0.0880. The normalized spacial score (nSPS) is 16.6. The Morgan fingerprint density at radius 1 is 0.311 bits per heavy atom. The van der Waals surface area contributed by atoms with Gasteiger partial charge in [-0.2, -0.15) is 15.3 Å². The lowest BCUT2D eigenvalue weighted by molar-refractivity contribution is 0.181. The zero-order valence-corrected chi connectivity index (χ0v) is 78.4. The Morgan fingerprint density at radius 2 is 0.606 bits per heavy atom. The average Bonchev–Trinajstić information content (AvgIpc) is 1.71. The van der Waals surface area contributed by atoms with Crippen LogP contribution in [0.15, 0.2) is 172 Å². The minimum atomic E-state index is -0.0996. The summed E-state index contributed by atoms with van der Waals surface area (Å²) in [5.41, 5.74) is 19.9. The highest BCUT2D eigenvalue weighted by Crippen LogP contribution is 2.35. The van der Waals surface area contributed by atoms with Crippen molar-refractivity contribution in [3.8, 4) is 56.9 Å². The molecule has 0 N–H and O–H groups in total. The van der Waals surface area contributed by atoms with Crippen LogP contribution in [0.5, 0.6) is 11.5 Å². The van der Waals surface area contributed by atoms with Gasteiger partial charge in [-0.3, -0.25) is 51.7 Å². The molecule has 1 aromatic carbocycles. The molecule has 31 nitrogen and oxygen atoms in total. The molecule has 0 saturated carbocycles. The number of hydrogen-bond donors (Lipinski definition) is 0. The van der Waals surface area contributed by atoms with Gasteiger partial charge in [0.1, 0.15) is 39.7 Å². The Kier molecular flexibility index (Phi) is 26.7. The molecule has 0 radical (unpaired) electrons. The van der Waals surface area contributed by atoms with E-state index in [2.05, 4.69) is 122 Å². The zero-order chi connectivity index (χ0) is 91.5. The van der Waals surface area contributed by atoms with Gasteiger partial charge in [0, 0.05) is 133 Å². The number of aromatic nitrogens is 17. The van der Waals surface area contributed by atoms with E-state index in [9.17, 15) is 19.2 Å². The summed E-state index contributed by atoms with van der Waals surface area (Å²) in [4.78, 5) is 104. The van der Waals surface area contributed by atoms with Crippen molar-refractivity contribution >= 4 is 61.9 Å². The summed E-state index contributed by atoms with van der Waals surface area (Å²) in [6.07, 6.45) is 29.7. The number of fused-ring (bicyclic) bond motifs is 7. The lowest BCUT2D eigenvalue weighted by Crippen LogP contribution is -2.40. The van der Waals surface area contributed by atoms with Gasteiger partial charge in [-0.1, -0.05) is 6.42 Å². The van der Waals surface area contributed by atoms with Gasteiger partial charge in [0.2, 0.25) is 0 Å². The molecule has 6 aliphatic rings. The molecule has 15 aromatic rings. The van der Waals surface area contributed by atoms with Crippen LogP contribution in [0.4, 0.5) is 22.7 Å². The first-order valence-corrected chi connectivity index (χ1v) is 47.0. The van der Waals surface area contributed by atoms with Gasteiger partial charge in [0.25, 0.3) is 22.2 Å². The number of aryl methyl sites for hydroxylation is 6. The van der Waals surface area contributed by atoms with Crippen LogP contribution in [0.2, 0.25) is 0 Å². The Balaban J connectivity index is 0.000000118. The molecule has 0 amide bonds. The van der Waals surface area contributed by atoms with Crippen LogP contribution >= 0.6 is 0 Å². The van der Waals surface area contributed by atoms with Gasteiger partial charge in [-0.15, -0.1) is 0 Å². The Morgan fingerprint density at radius 3 is 0.917 bits per heavy atom. The predicted octanol–water partition coefficient (Wildman–Crippen LogP) is 13.0. The fraction of sp³-hybridized carbons (Fsp3) is 0.446. The van der Waals surface area contributed by atoms with E-state index in [-0.39, 0.29) is 22.2 Å². The molecule has 0 unspecified atom stereocenters. The molecule has 688 valence electrons. The monoisotopic (exact) mass is 1780 g/mol.